The van der Waals surface area contributed by atoms with Gasteiger partial charge in [0.05, 0.1) is 13.7 Å². The third-order valence-electron chi connectivity index (χ3n) is 5.82. The van der Waals surface area contributed by atoms with E-state index in [4.69, 9.17) is 10.5 Å². The molecule has 1 fully saturated rings. The van der Waals surface area contributed by atoms with Crippen LogP contribution in [0.25, 0.3) is 11.0 Å². The molecule has 29 heavy (non-hydrogen) atoms. The summed E-state index contributed by atoms with van der Waals surface area (Å²) in [6, 6.07) is 15.3. The molecule has 0 aliphatic carbocycles. The Morgan fingerprint density at radius 3 is 2.48 bits per heavy atom. The lowest BCUT2D eigenvalue weighted by molar-refractivity contribution is -0.642. The summed E-state index contributed by atoms with van der Waals surface area (Å²) in [5, 5.41) is 0. The Bertz CT molecular complexity index is 988. The van der Waals surface area contributed by atoms with Crippen molar-refractivity contribution in [3.05, 3.63) is 54.1 Å². The van der Waals surface area contributed by atoms with Crippen LogP contribution in [0.15, 0.2) is 48.5 Å². The number of nitrogens with two attached hydrogens (primary N) is 1. The first-order valence-electron chi connectivity index (χ1n) is 10.3. The third kappa shape index (κ3) is 4.12. The molecule has 1 saturated heterocycles. The van der Waals surface area contributed by atoms with Crippen molar-refractivity contribution in [1.29, 1.82) is 0 Å². The van der Waals surface area contributed by atoms with Crippen molar-refractivity contribution in [3.63, 3.8) is 0 Å². The molecular weight excluding hydrogens is 364 g/mol. The monoisotopic (exact) mass is 393 g/mol. The topological polar surface area (TPSA) is 64.4 Å². The fourth-order valence-electron chi connectivity index (χ4n) is 4.15. The molecule has 2 N–H and O–H groups in total. The highest BCUT2D eigenvalue weighted by Crippen LogP contribution is 2.18. The number of hydrogen-bond donors (Lipinski definition) is 1. The molecule has 152 valence electrons. The number of nitrogens with zero attached hydrogens (tertiary/aromatic N) is 3. The Balaban J connectivity index is 1.58. The molecule has 1 aromatic heterocycles. The minimum atomic E-state index is 0.0308. The van der Waals surface area contributed by atoms with Gasteiger partial charge in [0.1, 0.15) is 23.3 Å². The van der Waals surface area contributed by atoms with Gasteiger partial charge in [0.2, 0.25) is 0 Å². The summed E-state index contributed by atoms with van der Waals surface area (Å²) in [4.78, 5) is 15.4. The first kappa shape index (κ1) is 19.5. The molecule has 0 atom stereocenters. The number of ketones is 1. The highest BCUT2D eigenvalue weighted by atomic mass is 16.5. The molecule has 2 heterocycles. The number of nitrogen functional groups attached to an aromatic ring is 1. The van der Waals surface area contributed by atoms with Crippen molar-refractivity contribution in [3.8, 4) is 5.75 Å². The lowest BCUT2D eigenvalue weighted by Crippen LogP contribution is -2.41. The number of para-hydroxylation sites is 2. The van der Waals surface area contributed by atoms with Crippen LogP contribution in [0.2, 0.25) is 0 Å². The number of ether oxygens (including phenoxy) is 1. The number of carbonyl (C=O) groups is 1. The third-order valence-corrected chi connectivity index (χ3v) is 5.82. The van der Waals surface area contributed by atoms with Gasteiger partial charge in [0, 0.05) is 12.1 Å². The number of carbonyl (C=O) groups excluding carboxylic acids is 1. The zero-order valence-electron chi connectivity index (χ0n) is 17.0. The average molecular weight is 394 g/mol. The molecule has 1 aliphatic rings. The molecule has 3 aromatic rings. The van der Waals surface area contributed by atoms with Gasteiger partial charge >= 0.3 is 5.95 Å². The number of fused-ring (bicyclic) bond motifs is 1. The van der Waals surface area contributed by atoms with Crippen LogP contribution >= 0.6 is 0 Å². The highest BCUT2D eigenvalue weighted by molar-refractivity contribution is 5.95. The van der Waals surface area contributed by atoms with Crippen molar-refractivity contribution >= 4 is 22.8 Å². The molecule has 0 unspecified atom stereocenters. The van der Waals surface area contributed by atoms with Gasteiger partial charge in [-0.05, 0) is 62.3 Å². The molecule has 0 spiro atoms. The Kier molecular flexibility index (Phi) is 5.81. The van der Waals surface area contributed by atoms with E-state index in [1.807, 2.05) is 34.9 Å². The number of methoxy groups -OCH3 is 1. The number of imidazole rings is 1. The van der Waals surface area contributed by atoms with E-state index in [2.05, 4.69) is 15.5 Å². The standard InChI is InChI=1S/C23H28N4O2/c1-29-19-11-9-18(10-12-19)22(28)17-27-21-8-4-3-7-20(21)26(23(27)24)16-15-25-13-5-2-6-14-25/h3-4,7-12,24H,2,5-6,13-17H2,1H3/p+1. The molecule has 6 nitrogen and oxygen atoms in total. The molecule has 0 bridgehead atoms. The Hall–Kier alpha value is -2.86. The molecule has 1 aliphatic heterocycles. The van der Waals surface area contributed by atoms with Crippen LogP contribution in [0.5, 0.6) is 5.75 Å². The molecule has 0 amide bonds. The summed E-state index contributed by atoms with van der Waals surface area (Å²) in [7, 11) is 1.62. The van der Waals surface area contributed by atoms with Gasteiger partial charge in [-0.3, -0.25) is 10.5 Å². The number of piperidine rings is 1. The number of anilines is 1. The molecule has 2 aromatic carbocycles. The molecule has 4 rings (SSSR count). The van der Waals surface area contributed by atoms with Gasteiger partial charge in [-0.2, -0.15) is 0 Å². The second-order valence-electron chi connectivity index (χ2n) is 7.64. The minimum Gasteiger partial charge on any atom is -0.497 e. The fourth-order valence-corrected chi connectivity index (χ4v) is 4.15. The summed E-state index contributed by atoms with van der Waals surface area (Å²) >= 11 is 0. The van der Waals surface area contributed by atoms with Crippen LogP contribution in [-0.4, -0.2) is 42.0 Å². The Morgan fingerprint density at radius 1 is 1.03 bits per heavy atom. The summed E-state index contributed by atoms with van der Waals surface area (Å²) in [6.07, 6.45) is 3.88. The number of Topliss-reactive ketones (excluding diaryl/α,β-unsaturated/α-hetero) is 1. The summed E-state index contributed by atoms with van der Waals surface area (Å²) in [5.41, 5.74) is 9.26. The van der Waals surface area contributed by atoms with Gasteiger partial charge in [0.25, 0.3) is 0 Å². The fraction of sp³-hybridized carbons (Fsp3) is 0.391. The van der Waals surface area contributed by atoms with E-state index in [0.717, 1.165) is 43.0 Å². The summed E-state index contributed by atoms with van der Waals surface area (Å²) in [5.74, 6) is 1.40. The first-order chi connectivity index (χ1) is 14.2. The number of benzene rings is 2. The highest BCUT2D eigenvalue weighted by Gasteiger charge is 2.23. The van der Waals surface area contributed by atoms with E-state index in [-0.39, 0.29) is 12.3 Å². The molecule has 0 saturated carbocycles. The quantitative estimate of drug-likeness (QED) is 0.495. The van der Waals surface area contributed by atoms with E-state index in [0.29, 0.717) is 11.5 Å². The number of rotatable bonds is 7. The zero-order chi connectivity index (χ0) is 20.2. The van der Waals surface area contributed by atoms with Crippen LogP contribution in [0, 0.1) is 0 Å². The van der Waals surface area contributed by atoms with E-state index in [9.17, 15) is 4.79 Å². The van der Waals surface area contributed by atoms with E-state index >= 15 is 0 Å². The normalized spacial score (nSPS) is 14.9. The maximum atomic E-state index is 12.9. The van der Waals surface area contributed by atoms with Crippen molar-refractivity contribution in [1.82, 2.24) is 9.47 Å². The van der Waals surface area contributed by atoms with Crippen LogP contribution in [0.4, 0.5) is 5.95 Å². The van der Waals surface area contributed by atoms with E-state index < -0.39 is 0 Å². The van der Waals surface area contributed by atoms with E-state index in [1.54, 1.807) is 19.2 Å². The Morgan fingerprint density at radius 2 is 1.76 bits per heavy atom. The summed E-state index contributed by atoms with van der Waals surface area (Å²) in [6.45, 7) is 4.35. The Labute approximate surface area is 171 Å². The number of likely N-dealkylation sites (tertiary alicyclic amines) is 1. The van der Waals surface area contributed by atoms with Gasteiger partial charge in [0.15, 0.2) is 5.78 Å². The van der Waals surface area contributed by atoms with Gasteiger partial charge in [-0.25, -0.2) is 9.13 Å². The smallest absolute Gasteiger partial charge is 0.356 e. The predicted octanol–water partition coefficient (Wildman–Crippen LogP) is 2.89. The van der Waals surface area contributed by atoms with Crippen LogP contribution in [0.3, 0.4) is 0 Å². The minimum absolute atomic E-state index is 0.0308. The second-order valence-corrected chi connectivity index (χ2v) is 7.64. The zero-order valence-corrected chi connectivity index (χ0v) is 17.0. The van der Waals surface area contributed by atoms with Crippen molar-refractivity contribution in [2.45, 2.75) is 32.4 Å². The lowest BCUT2D eigenvalue weighted by Gasteiger charge is -2.25. The van der Waals surface area contributed by atoms with Crippen molar-refractivity contribution in [2.75, 3.05) is 32.5 Å². The molecular formula is C23H29N4O2+. The van der Waals surface area contributed by atoms with Crippen molar-refractivity contribution < 1.29 is 14.1 Å². The van der Waals surface area contributed by atoms with Gasteiger partial charge in [-0.15, -0.1) is 0 Å². The van der Waals surface area contributed by atoms with Gasteiger partial charge in [-0.1, -0.05) is 18.6 Å². The predicted molar refractivity (Wildman–Crippen MR) is 114 cm³/mol. The van der Waals surface area contributed by atoms with Gasteiger partial charge < -0.3 is 9.64 Å². The number of hydrogen-bond acceptors (Lipinski definition) is 4. The van der Waals surface area contributed by atoms with E-state index in [1.165, 1.54) is 19.3 Å². The lowest BCUT2D eigenvalue weighted by atomic mass is 10.1. The SMILES string of the molecule is COc1ccc(C(=O)C[n+]2c(N)n(CCN3CCCCC3)c3ccccc32)cc1. The van der Waals surface area contributed by atoms with Crippen molar-refractivity contribution in [2.24, 2.45) is 0 Å². The molecule has 0 radical (unpaired) electrons. The van der Waals surface area contributed by atoms with Crippen LogP contribution in [0.1, 0.15) is 29.6 Å². The maximum absolute atomic E-state index is 12.9. The summed E-state index contributed by atoms with van der Waals surface area (Å²) < 4.78 is 9.25. The average Bonchev–Trinajstić information content (AvgIpc) is 3.04. The molecule has 6 heteroatoms. The number of aromatic nitrogens is 2. The maximum Gasteiger partial charge on any atom is 0.356 e. The van der Waals surface area contributed by atoms with Crippen LogP contribution in [-0.2, 0) is 13.1 Å². The first-order valence-corrected chi connectivity index (χ1v) is 10.3. The van der Waals surface area contributed by atoms with Crippen LogP contribution < -0.4 is 15.0 Å². The second kappa shape index (κ2) is 8.66. The largest absolute Gasteiger partial charge is 0.497 e.